The molecule has 9 heteroatoms. The van der Waals surface area contributed by atoms with Crippen LogP contribution in [0.5, 0.6) is 0 Å². The number of imidazole rings is 1. The number of nitrogens with zero attached hydrogens (tertiary/aromatic N) is 5. The number of hydrogen-bond acceptors (Lipinski definition) is 7. The number of amides is 1. The number of fused-ring (bicyclic) bond motifs is 2. The van der Waals surface area contributed by atoms with E-state index < -0.39 is 0 Å². The van der Waals surface area contributed by atoms with E-state index in [4.69, 9.17) is 5.73 Å². The molecule has 4 rings (SSSR count). The lowest BCUT2D eigenvalue weighted by Crippen LogP contribution is -2.33. The molecule has 0 bridgehead atoms. The van der Waals surface area contributed by atoms with E-state index in [1.54, 1.807) is 29.3 Å². The molecule has 0 unspecified atom stereocenters. The molecule has 0 saturated carbocycles. The highest BCUT2D eigenvalue weighted by atomic mass is 32.2. The molecule has 0 aliphatic heterocycles. The van der Waals surface area contributed by atoms with E-state index in [-0.39, 0.29) is 12.5 Å². The molecule has 0 aliphatic rings. The van der Waals surface area contributed by atoms with Gasteiger partial charge in [-0.15, -0.1) is 0 Å². The van der Waals surface area contributed by atoms with Crippen molar-refractivity contribution in [3.05, 3.63) is 42.9 Å². The van der Waals surface area contributed by atoms with Gasteiger partial charge in [-0.3, -0.25) is 9.20 Å². The number of benzene rings is 1. The van der Waals surface area contributed by atoms with Gasteiger partial charge >= 0.3 is 0 Å². The third-order valence-electron chi connectivity index (χ3n) is 3.82. The number of aromatic nitrogens is 4. The number of hydrogen-bond donors (Lipinski definition) is 1. The zero-order valence-corrected chi connectivity index (χ0v) is 15.6. The van der Waals surface area contributed by atoms with Gasteiger partial charge in [0, 0.05) is 23.8 Å². The first-order chi connectivity index (χ1) is 12.6. The number of anilines is 1. The summed E-state index contributed by atoms with van der Waals surface area (Å²) in [4.78, 5) is 27.4. The van der Waals surface area contributed by atoms with Crippen LogP contribution in [0.2, 0.25) is 0 Å². The molecule has 0 saturated heterocycles. The number of carbonyl (C=O) groups is 1. The second-order valence-electron chi connectivity index (χ2n) is 5.59. The molecule has 1 amide bonds. The normalized spacial score (nSPS) is 11.3. The van der Waals surface area contributed by atoms with E-state index in [2.05, 4.69) is 21.0 Å². The second kappa shape index (κ2) is 6.93. The van der Waals surface area contributed by atoms with Crippen LogP contribution in [0.1, 0.15) is 6.92 Å². The minimum Gasteiger partial charge on any atom is -0.368 e. The predicted octanol–water partition coefficient (Wildman–Crippen LogP) is 2.80. The minimum atomic E-state index is -0.358. The fourth-order valence-electron chi connectivity index (χ4n) is 2.60. The van der Waals surface area contributed by atoms with Crippen molar-refractivity contribution in [2.24, 2.45) is 5.73 Å². The Labute approximate surface area is 157 Å². The van der Waals surface area contributed by atoms with Crippen molar-refractivity contribution < 1.29 is 4.79 Å². The zero-order valence-electron chi connectivity index (χ0n) is 14.0. The minimum absolute atomic E-state index is 0.173. The lowest BCUT2D eigenvalue weighted by molar-refractivity contribution is -0.116. The van der Waals surface area contributed by atoms with Crippen molar-refractivity contribution in [3.63, 3.8) is 0 Å². The molecule has 4 aromatic rings. The molecule has 132 valence electrons. The smallest absolute Gasteiger partial charge is 0.237 e. The lowest BCUT2D eigenvalue weighted by atomic mass is 10.3. The van der Waals surface area contributed by atoms with Crippen molar-refractivity contribution in [1.82, 2.24) is 19.4 Å². The van der Waals surface area contributed by atoms with Gasteiger partial charge in [-0.25, -0.2) is 15.0 Å². The van der Waals surface area contributed by atoms with E-state index in [1.165, 1.54) is 0 Å². The summed E-state index contributed by atoms with van der Waals surface area (Å²) in [5.74, 6) is 0.324. The largest absolute Gasteiger partial charge is 0.368 e. The SMILES string of the molecule is CCN(CC(N)=O)c1nc2ccc(Sc3cnc4ncccn34)cc2s1. The van der Waals surface area contributed by atoms with Crippen LogP contribution in [0.15, 0.2) is 52.8 Å². The quantitative estimate of drug-likeness (QED) is 0.550. The lowest BCUT2D eigenvalue weighted by Gasteiger charge is -2.16. The molecule has 2 N–H and O–H groups in total. The average Bonchev–Trinajstić information content (AvgIpc) is 3.23. The van der Waals surface area contributed by atoms with Crippen LogP contribution in [-0.4, -0.2) is 38.3 Å². The maximum atomic E-state index is 11.2. The molecule has 0 spiro atoms. The number of likely N-dealkylation sites (N-methyl/N-ethyl adjacent to an activating group) is 1. The molecular weight excluding hydrogens is 368 g/mol. The van der Waals surface area contributed by atoms with E-state index in [1.807, 2.05) is 46.8 Å². The van der Waals surface area contributed by atoms with E-state index >= 15 is 0 Å². The van der Waals surface area contributed by atoms with Crippen LogP contribution in [0.3, 0.4) is 0 Å². The topological polar surface area (TPSA) is 89.4 Å². The number of nitrogens with two attached hydrogens (primary N) is 1. The Hall–Kier alpha value is -2.65. The summed E-state index contributed by atoms with van der Waals surface area (Å²) in [6.45, 7) is 2.83. The summed E-state index contributed by atoms with van der Waals surface area (Å²) in [5, 5.41) is 1.81. The maximum absolute atomic E-state index is 11.2. The Balaban J connectivity index is 1.64. The summed E-state index contributed by atoms with van der Waals surface area (Å²) in [5.41, 5.74) is 6.24. The average molecular weight is 384 g/mol. The van der Waals surface area contributed by atoms with Gasteiger partial charge in [-0.1, -0.05) is 23.1 Å². The van der Waals surface area contributed by atoms with Gasteiger partial charge in [0.1, 0.15) is 5.03 Å². The summed E-state index contributed by atoms with van der Waals surface area (Å²) in [6, 6.07) is 8.03. The molecule has 0 radical (unpaired) electrons. The maximum Gasteiger partial charge on any atom is 0.237 e. The summed E-state index contributed by atoms with van der Waals surface area (Å²) in [6.07, 6.45) is 5.50. The Bertz CT molecular complexity index is 1090. The Kier molecular flexibility index (Phi) is 4.48. The summed E-state index contributed by atoms with van der Waals surface area (Å²) >= 11 is 3.19. The number of primary amides is 1. The molecule has 7 nitrogen and oxygen atoms in total. The summed E-state index contributed by atoms with van der Waals surface area (Å²) in [7, 11) is 0. The van der Waals surface area contributed by atoms with Gasteiger partial charge in [0.2, 0.25) is 11.7 Å². The van der Waals surface area contributed by atoms with Crippen LogP contribution < -0.4 is 10.6 Å². The van der Waals surface area contributed by atoms with E-state index in [0.29, 0.717) is 12.3 Å². The first-order valence-corrected chi connectivity index (χ1v) is 9.67. The first-order valence-electron chi connectivity index (χ1n) is 8.04. The monoisotopic (exact) mass is 384 g/mol. The Morgan fingerprint density at radius 2 is 2.27 bits per heavy atom. The number of thiazole rings is 1. The fourth-order valence-corrected chi connectivity index (χ4v) is 4.64. The summed E-state index contributed by atoms with van der Waals surface area (Å²) < 4.78 is 3.03. The molecule has 3 heterocycles. The molecule has 26 heavy (non-hydrogen) atoms. The van der Waals surface area contributed by atoms with Gasteiger partial charge in [-0.2, -0.15) is 0 Å². The van der Waals surface area contributed by atoms with Crippen LogP contribution in [0.25, 0.3) is 16.0 Å². The molecule has 3 aromatic heterocycles. The van der Waals surface area contributed by atoms with Gasteiger partial charge in [0.05, 0.1) is 23.0 Å². The van der Waals surface area contributed by atoms with Gasteiger partial charge in [0.25, 0.3) is 0 Å². The van der Waals surface area contributed by atoms with Crippen molar-refractivity contribution in [2.45, 2.75) is 16.8 Å². The first kappa shape index (κ1) is 16.8. The van der Waals surface area contributed by atoms with Crippen LogP contribution in [-0.2, 0) is 4.79 Å². The van der Waals surface area contributed by atoms with Gasteiger partial charge < -0.3 is 10.6 Å². The highest BCUT2D eigenvalue weighted by Crippen LogP contribution is 2.34. The fraction of sp³-hybridized carbons (Fsp3) is 0.176. The van der Waals surface area contributed by atoms with E-state index in [9.17, 15) is 4.79 Å². The molecular formula is C17H16N6OS2. The molecule has 0 aliphatic carbocycles. The van der Waals surface area contributed by atoms with Crippen molar-refractivity contribution in [2.75, 3.05) is 18.0 Å². The molecule has 1 aromatic carbocycles. The van der Waals surface area contributed by atoms with Gasteiger partial charge in [0.15, 0.2) is 5.13 Å². The van der Waals surface area contributed by atoms with Crippen LogP contribution in [0, 0.1) is 0 Å². The van der Waals surface area contributed by atoms with Crippen molar-refractivity contribution in [1.29, 1.82) is 0 Å². The predicted molar refractivity (Wildman–Crippen MR) is 104 cm³/mol. The van der Waals surface area contributed by atoms with E-state index in [0.717, 1.165) is 25.3 Å². The third-order valence-corrected chi connectivity index (χ3v) is 5.90. The number of carbonyl (C=O) groups excluding carboxylic acids is 1. The second-order valence-corrected chi connectivity index (χ2v) is 7.70. The van der Waals surface area contributed by atoms with Crippen molar-refractivity contribution in [3.8, 4) is 0 Å². The van der Waals surface area contributed by atoms with Crippen molar-refractivity contribution >= 4 is 50.1 Å². The number of rotatable bonds is 6. The molecule has 0 atom stereocenters. The van der Waals surface area contributed by atoms with Crippen LogP contribution in [0.4, 0.5) is 5.13 Å². The third kappa shape index (κ3) is 3.23. The van der Waals surface area contributed by atoms with Gasteiger partial charge in [-0.05, 0) is 31.2 Å². The highest BCUT2D eigenvalue weighted by molar-refractivity contribution is 7.99. The molecule has 0 fully saturated rings. The zero-order chi connectivity index (χ0) is 18.1. The van der Waals surface area contributed by atoms with Crippen LogP contribution >= 0.6 is 23.1 Å². The Morgan fingerprint density at radius 1 is 1.38 bits per heavy atom. The highest BCUT2D eigenvalue weighted by Gasteiger charge is 2.14. The Morgan fingerprint density at radius 3 is 3.08 bits per heavy atom. The standard InChI is InChI=1S/C17H16N6OS2/c1-2-22(10-14(18)24)17-21-12-5-4-11(8-13(12)26-17)25-15-9-20-16-19-6-3-7-23(15)16/h3-9H,2,10H2,1H3,(H2,18,24).